The molecule has 26 heavy (non-hydrogen) atoms. The van der Waals surface area contributed by atoms with Crippen molar-refractivity contribution >= 4 is 39.0 Å². The molecule has 2 aromatic rings. The van der Waals surface area contributed by atoms with Gasteiger partial charge in [-0.05, 0) is 43.0 Å². The molecule has 0 radical (unpaired) electrons. The standard InChI is InChI=1S/C18H25ClN4O2S/c1-24-12-13-3-2-4-22(10-13)11-14-9-15-16(26-14)17(21-18(19)20-15)23-5-7-25-8-6-23/h9,13H,2-8,10-12H2,1H3. The van der Waals surface area contributed by atoms with Crippen molar-refractivity contribution in [2.24, 2.45) is 5.92 Å². The number of morpholine rings is 1. The normalized spacial score (nSPS) is 22.2. The molecule has 6 nitrogen and oxygen atoms in total. The van der Waals surface area contributed by atoms with E-state index in [2.05, 4.69) is 25.8 Å². The van der Waals surface area contributed by atoms with Gasteiger partial charge in [0.15, 0.2) is 5.82 Å². The van der Waals surface area contributed by atoms with E-state index in [1.807, 2.05) is 0 Å². The van der Waals surface area contributed by atoms with Gasteiger partial charge in [0, 0.05) is 38.2 Å². The summed E-state index contributed by atoms with van der Waals surface area (Å²) in [5.74, 6) is 1.59. The molecule has 0 amide bonds. The van der Waals surface area contributed by atoms with Crippen LogP contribution in [0.4, 0.5) is 5.82 Å². The van der Waals surface area contributed by atoms with Crippen LogP contribution in [-0.2, 0) is 16.0 Å². The minimum atomic E-state index is 0.321. The van der Waals surface area contributed by atoms with E-state index in [0.717, 1.165) is 68.6 Å². The van der Waals surface area contributed by atoms with Gasteiger partial charge in [0.05, 0.1) is 30.0 Å². The molecule has 0 N–H and O–H groups in total. The molecule has 2 aliphatic rings. The van der Waals surface area contributed by atoms with Gasteiger partial charge in [-0.1, -0.05) is 0 Å². The Balaban J connectivity index is 1.55. The van der Waals surface area contributed by atoms with Crippen LogP contribution in [-0.4, -0.2) is 68.0 Å². The average Bonchev–Trinajstić information content (AvgIpc) is 3.04. The third kappa shape index (κ3) is 4.12. The van der Waals surface area contributed by atoms with Crippen molar-refractivity contribution in [1.29, 1.82) is 0 Å². The van der Waals surface area contributed by atoms with E-state index in [1.54, 1.807) is 18.4 Å². The van der Waals surface area contributed by atoms with Gasteiger partial charge >= 0.3 is 0 Å². The fourth-order valence-electron chi connectivity index (χ4n) is 3.89. The molecule has 2 fully saturated rings. The molecule has 1 atom stereocenters. The first-order chi connectivity index (χ1) is 12.7. The zero-order valence-corrected chi connectivity index (χ0v) is 16.7. The smallest absolute Gasteiger partial charge is 0.224 e. The first kappa shape index (κ1) is 18.4. The number of thiophene rings is 1. The predicted molar refractivity (Wildman–Crippen MR) is 105 cm³/mol. The number of piperidine rings is 1. The maximum Gasteiger partial charge on any atom is 0.224 e. The van der Waals surface area contributed by atoms with Gasteiger partial charge in [0.2, 0.25) is 5.28 Å². The van der Waals surface area contributed by atoms with Gasteiger partial charge in [-0.25, -0.2) is 4.98 Å². The lowest BCUT2D eigenvalue weighted by Gasteiger charge is -2.31. The van der Waals surface area contributed by atoms with Crippen LogP contribution in [0.2, 0.25) is 5.28 Å². The van der Waals surface area contributed by atoms with Crippen LogP contribution in [0.5, 0.6) is 0 Å². The van der Waals surface area contributed by atoms with Crippen LogP contribution in [0.1, 0.15) is 17.7 Å². The molecule has 2 saturated heterocycles. The molecule has 142 valence electrons. The van der Waals surface area contributed by atoms with E-state index in [9.17, 15) is 0 Å². The monoisotopic (exact) mass is 396 g/mol. The van der Waals surface area contributed by atoms with Crippen molar-refractivity contribution < 1.29 is 9.47 Å². The highest BCUT2D eigenvalue weighted by molar-refractivity contribution is 7.19. The van der Waals surface area contributed by atoms with Crippen LogP contribution in [0, 0.1) is 5.92 Å². The highest BCUT2D eigenvalue weighted by Crippen LogP contribution is 2.34. The van der Waals surface area contributed by atoms with Crippen LogP contribution < -0.4 is 4.90 Å². The maximum absolute atomic E-state index is 6.20. The number of rotatable bonds is 5. The van der Waals surface area contributed by atoms with Crippen molar-refractivity contribution in [3.63, 3.8) is 0 Å². The molecule has 2 aromatic heterocycles. The lowest BCUT2D eigenvalue weighted by molar-refractivity contribution is 0.0878. The first-order valence-electron chi connectivity index (χ1n) is 9.23. The summed E-state index contributed by atoms with van der Waals surface area (Å²) in [7, 11) is 1.79. The Morgan fingerprint density at radius 1 is 1.31 bits per heavy atom. The summed E-state index contributed by atoms with van der Waals surface area (Å²) in [5, 5.41) is 0.321. The van der Waals surface area contributed by atoms with Crippen LogP contribution in [0.15, 0.2) is 6.07 Å². The molecular weight excluding hydrogens is 372 g/mol. The van der Waals surface area contributed by atoms with Crippen molar-refractivity contribution in [2.75, 3.05) is 58.0 Å². The van der Waals surface area contributed by atoms with Gasteiger partial charge in [0.1, 0.15) is 0 Å². The van der Waals surface area contributed by atoms with Crippen molar-refractivity contribution in [1.82, 2.24) is 14.9 Å². The number of hydrogen-bond donors (Lipinski definition) is 0. The molecular formula is C18H25ClN4O2S. The zero-order valence-electron chi connectivity index (χ0n) is 15.1. The summed E-state index contributed by atoms with van der Waals surface area (Å²) >= 11 is 7.99. The molecule has 0 spiro atoms. The second-order valence-electron chi connectivity index (χ2n) is 7.04. The summed E-state index contributed by atoms with van der Waals surface area (Å²) in [6.07, 6.45) is 2.50. The van der Waals surface area contributed by atoms with E-state index < -0.39 is 0 Å². The predicted octanol–water partition coefficient (Wildman–Crippen LogP) is 3.04. The lowest BCUT2D eigenvalue weighted by atomic mass is 9.99. The Morgan fingerprint density at radius 2 is 2.15 bits per heavy atom. The number of hydrogen-bond acceptors (Lipinski definition) is 7. The Hall–Kier alpha value is -0.990. The minimum absolute atomic E-state index is 0.321. The summed E-state index contributed by atoms with van der Waals surface area (Å²) in [6.45, 7) is 7.22. The number of ether oxygens (including phenoxy) is 2. The van der Waals surface area contributed by atoms with Crippen molar-refractivity contribution in [2.45, 2.75) is 19.4 Å². The topological polar surface area (TPSA) is 50.7 Å². The fraction of sp³-hybridized carbons (Fsp3) is 0.667. The lowest BCUT2D eigenvalue weighted by Crippen LogP contribution is -2.36. The zero-order chi connectivity index (χ0) is 17.9. The quantitative estimate of drug-likeness (QED) is 0.724. The molecule has 1 unspecified atom stereocenters. The van der Waals surface area contributed by atoms with E-state index in [-0.39, 0.29) is 0 Å². The number of nitrogens with zero attached hydrogens (tertiary/aromatic N) is 4. The van der Waals surface area contributed by atoms with E-state index >= 15 is 0 Å². The van der Waals surface area contributed by atoms with E-state index in [1.165, 1.54) is 17.7 Å². The maximum atomic E-state index is 6.20. The van der Waals surface area contributed by atoms with Crippen LogP contribution in [0.25, 0.3) is 10.2 Å². The number of anilines is 1. The SMILES string of the molecule is COCC1CCCN(Cc2cc3nc(Cl)nc(N4CCOCC4)c3s2)C1. The average molecular weight is 397 g/mol. The minimum Gasteiger partial charge on any atom is -0.384 e. The number of aromatic nitrogens is 2. The number of fused-ring (bicyclic) bond motifs is 1. The Bertz CT molecular complexity index is 748. The van der Waals surface area contributed by atoms with Crippen molar-refractivity contribution in [3.05, 3.63) is 16.2 Å². The summed E-state index contributed by atoms with van der Waals surface area (Å²) in [5.41, 5.74) is 0.956. The molecule has 4 heterocycles. The first-order valence-corrected chi connectivity index (χ1v) is 10.4. The van der Waals surface area contributed by atoms with Crippen LogP contribution in [0.3, 0.4) is 0 Å². The second kappa shape index (κ2) is 8.35. The Labute approximate surface area is 163 Å². The Kier molecular flexibility index (Phi) is 5.90. The van der Waals surface area contributed by atoms with Gasteiger partial charge in [-0.2, -0.15) is 4.98 Å². The largest absolute Gasteiger partial charge is 0.384 e. The molecule has 4 rings (SSSR count). The van der Waals surface area contributed by atoms with Crippen molar-refractivity contribution in [3.8, 4) is 0 Å². The summed E-state index contributed by atoms with van der Waals surface area (Å²) < 4.78 is 12.0. The highest BCUT2D eigenvalue weighted by Gasteiger charge is 2.22. The third-order valence-corrected chi connectivity index (χ3v) is 6.35. The third-order valence-electron chi connectivity index (χ3n) is 5.07. The molecule has 8 heteroatoms. The molecule has 0 aliphatic carbocycles. The number of likely N-dealkylation sites (tertiary alicyclic amines) is 1. The molecule has 0 aromatic carbocycles. The summed E-state index contributed by atoms with van der Waals surface area (Å²) in [6, 6.07) is 2.18. The molecule has 0 saturated carbocycles. The fourth-order valence-corrected chi connectivity index (χ4v) is 5.22. The summed E-state index contributed by atoms with van der Waals surface area (Å²) in [4.78, 5) is 15.1. The van der Waals surface area contributed by atoms with Crippen LogP contribution >= 0.6 is 22.9 Å². The highest BCUT2D eigenvalue weighted by atomic mass is 35.5. The van der Waals surface area contributed by atoms with E-state index in [0.29, 0.717) is 11.2 Å². The Morgan fingerprint density at radius 3 is 2.96 bits per heavy atom. The molecule has 2 aliphatic heterocycles. The number of halogens is 1. The van der Waals surface area contributed by atoms with Gasteiger partial charge in [0.25, 0.3) is 0 Å². The number of methoxy groups -OCH3 is 1. The van der Waals surface area contributed by atoms with E-state index in [4.69, 9.17) is 21.1 Å². The van der Waals surface area contributed by atoms with Gasteiger partial charge < -0.3 is 14.4 Å². The second-order valence-corrected chi connectivity index (χ2v) is 8.52. The molecule has 0 bridgehead atoms. The van der Waals surface area contributed by atoms with Gasteiger partial charge in [-0.15, -0.1) is 11.3 Å². The van der Waals surface area contributed by atoms with Gasteiger partial charge in [-0.3, -0.25) is 4.90 Å².